The number of benzene rings is 1. The van der Waals surface area contributed by atoms with Crippen LogP contribution in [0.15, 0.2) is 18.2 Å². The smallest absolute Gasteiger partial charge is 0.0434 e. The third-order valence-corrected chi connectivity index (χ3v) is 4.81. The largest absolute Gasteiger partial charge is 0.396 e. The van der Waals surface area contributed by atoms with Gasteiger partial charge in [-0.25, -0.2) is 0 Å². The lowest BCUT2D eigenvalue weighted by Crippen LogP contribution is -2.45. The molecule has 1 atom stereocenters. The van der Waals surface area contributed by atoms with Crippen LogP contribution in [0.5, 0.6) is 0 Å². The maximum atomic E-state index is 9.30. The monoisotopic (exact) mass is 261 g/mol. The number of anilines is 1. The Morgan fingerprint density at radius 1 is 1.26 bits per heavy atom. The summed E-state index contributed by atoms with van der Waals surface area (Å²) in [5, 5.41) is 9.30. The van der Waals surface area contributed by atoms with Gasteiger partial charge in [0.25, 0.3) is 0 Å². The Hall–Kier alpha value is -1.02. The molecule has 0 bridgehead atoms. The van der Waals surface area contributed by atoms with Crippen LogP contribution < -0.4 is 4.90 Å². The molecule has 1 fully saturated rings. The second-order valence-corrected chi connectivity index (χ2v) is 6.63. The fourth-order valence-corrected chi connectivity index (χ4v) is 3.38. The first kappa shape index (κ1) is 14.4. The van der Waals surface area contributed by atoms with Crippen LogP contribution in [0.25, 0.3) is 0 Å². The van der Waals surface area contributed by atoms with E-state index in [9.17, 15) is 5.11 Å². The molecule has 1 aliphatic heterocycles. The Morgan fingerprint density at radius 3 is 2.47 bits per heavy atom. The van der Waals surface area contributed by atoms with Crippen molar-refractivity contribution in [3.8, 4) is 0 Å². The first-order valence-electron chi connectivity index (χ1n) is 7.38. The Kier molecular flexibility index (Phi) is 4.19. The normalized spacial score (nSPS) is 22.6. The number of piperidine rings is 1. The highest BCUT2D eigenvalue weighted by Crippen LogP contribution is 2.40. The molecule has 1 unspecified atom stereocenters. The summed E-state index contributed by atoms with van der Waals surface area (Å²) in [6.07, 6.45) is 2.11. The molecule has 0 saturated carbocycles. The third kappa shape index (κ3) is 2.94. The summed E-state index contributed by atoms with van der Waals surface area (Å²) in [5.74, 6) is 0.574. The van der Waals surface area contributed by atoms with E-state index in [1.54, 1.807) is 0 Å². The van der Waals surface area contributed by atoms with Crippen molar-refractivity contribution in [1.82, 2.24) is 0 Å². The molecule has 0 aliphatic carbocycles. The minimum absolute atomic E-state index is 0.300. The van der Waals surface area contributed by atoms with Gasteiger partial charge in [-0.05, 0) is 49.1 Å². The lowest BCUT2D eigenvalue weighted by molar-refractivity contribution is 0.132. The van der Waals surface area contributed by atoms with E-state index in [1.807, 2.05) is 0 Å². The molecule has 106 valence electrons. The molecule has 1 aliphatic rings. The van der Waals surface area contributed by atoms with Gasteiger partial charge in [-0.2, -0.15) is 0 Å². The van der Waals surface area contributed by atoms with Gasteiger partial charge < -0.3 is 10.0 Å². The summed E-state index contributed by atoms with van der Waals surface area (Å²) >= 11 is 0. The van der Waals surface area contributed by atoms with Crippen LogP contribution in [0.4, 0.5) is 5.69 Å². The van der Waals surface area contributed by atoms with Crippen molar-refractivity contribution < 1.29 is 5.11 Å². The van der Waals surface area contributed by atoms with Crippen LogP contribution in [-0.4, -0.2) is 24.8 Å². The second-order valence-electron chi connectivity index (χ2n) is 6.63. The molecule has 0 radical (unpaired) electrons. The van der Waals surface area contributed by atoms with Gasteiger partial charge in [-0.3, -0.25) is 0 Å². The van der Waals surface area contributed by atoms with E-state index in [2.05, 4.69) is 50.8 Å². The maximum absolute atomic E-state index is 9.30. The molecule has 2 nitrogen and oxygen atoms in total. The molecule has 0 spiro atoms. The summed E-state index contributed by atoms with van der Waals surface area (Å²) < 4.78 is 0. The first-order chi connectivity index (χ1) is 8.95. The first-order valence-corrected chi connectivity index (χ1v) is 7.38. The average molecular weight is 261 g/mol. The summed E-state index contributed by atoms with van der Waals surface area (Å²) in [5.41, 5.74) is 4.47. The zero-order valence-electron chi connectivity index (χ0n) is 12.7. The van der Waals surface area contributed by atoms with Gasteiger partial charge in [0.2, 0.25) is 0 Å². The van der Waals surface area contributed by atoms with Gasteiger partial charge >= 0.3 is 0 Å². The van der Waals surface area contributed by atoms with Crippen molar-refractivity contribution in [2.45, 2.75) is 40.5 Å². The lowest BCUT2D eigenvalue weighted by Gasteiger charge is -2.45. The summed E-state index contributed by atoms with van der Waals surface area (Å²) in [4.78, 5) is 2.52. The van der Waals surface area contributed by atoms with Gasteiger partial charge in [0.05, 0.1) is 0 Å². The van der Waals surface area contributed by atoms with Crippen LogP contribution in [0.3, 0.4) is 0 Å². The summed E-state index contributed by atoms with van der Waals surface area (Å²) in [6.45, 7) is 11.6. The molecule has 0 amide bonds. The molecule has 0 aromatic heterocycles. The van der Waals surface area contributed by atoms with E-state index in [1.165, 1.54) is 23.2 Å². The molecule has 2 heteroatoms. The van der Waals surface area contributed by atoms with E-state index >= 15 is 0 Å². The summed E-state index contributed by atoms with van der Waals surface area (Å²) in [7, 11) is 0. The minimum atomic E-state index is 0.300. The molecule has 1 N–H and O–H groups in total. The number of aliphatic hydroxyl groups excluding tert-OH is 1. The highest BCUT2D eigenvalue weighted by atomic mass is 16.3. The van der Waals surface area contributed by atoms with E-state index in [0.717, 1.165) is 19.5 Å². The Labute approximate surface area is 117 Å². The topological polar surface area (TPSA) is 23.5 Å². The number of hydrogen-bond acceptors (Lipinski definition) is 2. The minimum Gasteiger partial charge on any atom is -0.396 e. The van der Waals surface area contributed by atoms with Crippen molar-refractivity contribution in [3.63, 3.8) is 0 Å². The molecule has 1 aromatic carbocycles. The number of nitrogens with zero attached hydrogens (tertiary/aromatic N) is 1. The van der Waals surface area contributed by atoms with Crippen LogP contribution in [0.2, 0.25) is 0 Å². The van der Waals surface area contributed by atoms with Crippen molar-refractivity contribution in [2.75, 3.05) is 24.6 Å². The fraction of sp³-hybridized carbons (Fsp3) is 0.647. The number of rotatable bonds is 3. The third-order valence-electron chi connectivity index (χ3n) is 4.81. The fourth-order valence-electron chi connectivity index (χ4n) is 3.38. The quantitative estimate of drug-likeness (QED) is 0.899. The van der Waals surface area contributed by atoms with Crippen molar-refractivity contribution in [1.29, 1.82) is 0 Å². The van der Waals surface area contributed by atoms with Crippen LogP contribution >= 0.6 is 0 Å². The highest BCUT2D eigenvalue weighted by molar-refractivity contribution is 5.59. The molecule has 1 aromatic rings. The lowest BCUT2D eigenvalue weighted by atomic mass is 9.71. The maximum Gasteiger partial charge on any atom is 0.0434 e. The van der Waals surface area contributed by atoms with Crippen molar-refractivity contribution in [2.24, 2.45) is 11.3 Å². The highest BCUT2D eigenvalue weighted by Gasteiger charge is 2.35. The van der Waals surface area contributed by atoms with Crippen molar-refractivity contribution in [3.05, 3.63) is 29.3 Å². The molecular formula is C17H27NO. The van der Waals surface area contributed by atoms with Gasteiger partial charge in [0, 0.05) is 25.4 Å². The van der Waals surface area contributed by atoms with Crippen LogP contribution in [0, 0.1) is 25.2 Å². The van der Waals surface area contributed by atoms with Crippen molar-refractivity contribution >= 4 is 5.69 Å². The average Bonchev–Trinajstić information content (AvgIpc) is 2.33. The number of hydrogen-bond donors (Lipinski definition) is 1. The summed E-state index contributed by atoms with van der Waals surface area (Å²) in [6, 6.07) is 6.53. The number of aryl methyl sites for hydroxylation is 2. The van der Waals surface area contributed by atoms with Crippen LogP contribution in [-0.2, 0) is 0 Å². The van der Waals surface area contributed by atoms with E-state index in [4.69, 9.17) is 0 Å². The van der Waals surface area contributed by atoms with E-state index < -0.39 is 0 Å². The van der Waals surface area contributed by atoms with Crippen LogP contribution in [0.1, 0.15) is 37.8 Å². The molecule has 1 saturated heterocycles. The van der Waals surface area contributed by atoms with E-state index in [-0.39, 0.29) is 0 Å². The Balaban J connectivity index is 2.23. The number of para-hydroxylation sites is 1. The molecule has 1 heterocycles. The van der Waals surface area contributed by atoms with Gasteiger partial charge in [-0.15, -0.1) is 0 Å². The standard InChI is InChI=1S/C17H27NO/c1-13-6-5-7-14(2)16(13)18-10-9-17(3,4)15(12-18)8-11-19/h5-7,15,19H,8-12H2,1-4H3. The predicted molar refractivity (Wildman–Crippen MR) is 81.7 cm³/mol. The van der Waals surface area contributed by atoms with Gasteiger partial charge in [0.1, 0.15) is 0 Å². The Bertz CT molecular complexity index is 419. The van der Waals surface area contributed by atoms with Gasteiger partial charge in [0.15, 0.2) is 0 Å². The number of aliphatic hydroxyl groups is 1. The zero-order chi connectivity index (χ0) is 14.0. The predicted octanol–water partition coefficient (Wildman–Crippen LogP) is 3.54. The Morgan fingerprint density at radius 2 is 1.89 bits per heavy atom. The zero-order valence-corrected chi connectivity index (χ0v) is 12.7. The van der Waals surface area contributed by atoms with Gasteiger partial charge in [-0.1, -0.05) is 32.0 Å². The molecule has 19 heavy (non-hydrogen) atoms. The second kappa shape index (κ2) is 5.54. The van der Waals surface area contributed by atoms with E-state index in [0.29, 0.717) is 17.9 Å². The SMILES string of the molecule is Cc1cccc(C)c1N1CCC(C)(C)C(CCO)C1. The molecule has 2 rings (SSSR count). The molecular weight excluding hydrogens is 234 g/mol.